The molecule has 0 spiro atoms. The summed E-state index contributed by atoms with van der Waals surface area (Å²) in [4.78, 5) is 29.0. The van der Waals surface area contributed by atoms with Gasteiger partial charge in [0.1, 0.15) is 6.04 Å². The summed E-state index contributed by atoms with van der Waals surface area (Å²) >= 11 is 9.40. The Balaban J connectivity index is 1.53. The van der Waals surface area contributed by atoms with Gasteiger partial charge in [0.25, 0.3) is 5.91 Å². The summed E-state index contributed by atoms with van der Waals surface area (Å²) in [7, 11) is 0. The van der Waals surface area contributed by atoms with Crippen molar-refractivity contribution in [3.05, 3.63) is 63.6 Å². The Morgan fingerprint density at radius 2 is 1.74 bits per heavy atom. The smallest absolute Gasteiger partial charge is 0.251 e. The third kappa shape index (κ3) is 5.02. The molecule has 3 rings (SSSR count). The first kappa shape index (κ1) is 19.7. The van der Waals surface area contributed by atoms with E-state index in [2.05, 4.69) is 26.1 Å². The highest BCUT2D eigenvalue weighted by Gasteiger charge is 2.26. The lowest BCUT2D eigenvalue weighted by molar-refractivity contribution is -0.133. The Morgan fingerprint density at radius 3 is 2.37 bits per heavy atom. The van der Waals surface area contributed by atoms with Crippen molar-refractivity contribution in [2.24, 2.45) is 0 Å². The molecule has 142 valence electrons. The van der Waals surface area contributed by atoms with Gasteiger partial charge in [0.15, 0.2) is 0 Å². The molecule has 1 aliphatic heterocycles. The second-order valence-electron chi connectivity index (χ2n) is 6.49. The van der Waals surface area contributed by atoms with Crippen LogP contribution < -0.4 is 10.2 Å². The Morgan fingerprint density at radius 1 is 1.07 bits per heavy atom. The normalized spacial score (nSPS) is 15.4. The molecule has 0 radical (unpaired) electrons. The number of hydrogen-bond donors (Lipinski definition) is 1. The van der Waals surface area contributed by atoms with E-state index in [1.165, 1.54) is 0 Å². The number of nitrogens with zero attached hydrogens (tertiary/aromatic N) is 2. The first-order chi connectivity index (χ1) is 12.9. The van der Waals surface area contributed by atoms with E-state index in [0.717, 1.165) is 23.2 Å². The van der Waals surface area contributed by atoms with Crippen LogP contribution in [0.25, 0.3) is 0 Å². The van der Waals surface area contributed by atoms with Crippen molar-refractivity contribution in [2.75, 3.05) is 31.1 Å². The van der Waals surface area contributed by atoms with Gasteiger partial charge < -0.3 is 15.1 Å². The minimum Gasteiger partial charge on any atom is -0.368 e. The molecule has 1 heterocycles. The zero-order valence-electron chi connectivity index (χ0n) is 15.0. The van der Waals surface area contributed by atoms with E-state index in [-0.39, 0.29) is 11.8 Å². The van der Waals surface area contributed by atoms with Crippen LogP contribution in [0.3, 0.4) is 0 Å². The van der Waals surface area contributed by atoms with Crippen LogP contribution >= 0.6 is 27.5 Å². The van der Waals surface area contributed by atoms with E-state index in [1.54, 1.807) is 36.1 Å². The average molecular weight is 451 g/mol. The number of nitrogens with one attached hydrogen (secondary N) is 1. The summed E-state index contributed by atoms with van der Waals surface area (Å²) in [5, 5.41) is 3.49. The molecule has 0 saturated carbocycles. The standard InChI is InChI=1S/C20H21BrClN3O2/c1-14(23-19(26)15-5-7-16(21)8-6-15)20(27)25-11-9-24(10-12-25)18-4-2-3-17(22)13-18/h2-8,13-14H,9-12H2,1H3,(H,23,26)/t14-/m0/s1. The molecule has 2 aromatic carbocycles. The highest BCUT2D eigenvalue weighted by molar-refractivity contribution is 9.10. The number of carbonyl (C=O) groups is 2. The SMILES string of the molecule is C[C@H](NC(=O)c1ccc(Br)cc1)C(=O)N1CCN(c2cccc(Cl)c2)CC1. The van der Waals surface area contributed by atoms with E-state index in [1.807, 2.05) is 24.3 Å². The molecule has 1 saturated heterocycles. The minimum absolute atomic E-state index is 0.0637. The van der Waals surface area contributed by atoms with E-state index >= 15 is 0 Å². The lowest BCUT2D eigenvalue weighted by atomic mass is 10.2. The lowest BCUT2D eigenvalue weighted by Crippen LogP contribution is -2.54. The molecule has 1 aliphatic rings. The van der Waals surface area contributed by atoms with Gasteiger partial charge >= 0.3 is 0 Å². The van der Waals surface area contributed by atoms with Gasteiger partial charge in [-0.1, -0.05) is 33.6 Å². The molecular weight excluding hydrogens is 430 g/mol. The summed E-state index contributed by atoms with van der Waals surface area (Å²) in [6, 6.07) is 14.2. The van der Waals surface area contributed by atoms with Gasteiger partial charge in [-0.25, -0.2) is 0 Å². The summed E-state index contributed by atoms with van der Waals surface area (Å²) in [6.07, 6.45) is 0. The van der Waals surface area contributed by atoms with Gasteiger partial charge in [0.05, 0.1) is 0 Å². The van der Waals surface area contributed by atoms with Gasteiger partial charge in [-0.05, 0) is 49.4 Å². The van der Waals surface area contributed by atoms with Crippen LogP contribution in [0.1, 0.15) is 17.3 Å². The summed E-state index contributed by atoms with van der Waals surface area (Å²) in [5.41, 5.74) is 1.59. The Hall–Kier alpha value is -2.05. The molecule has 2 aromatic rings. The minimum atomic E-state index is -0.570. The van der Waals surface area contributed by atoms with E-state index < -0.39 is 6.04 Å². The van der Waals surface area contributed by atoms with Crippen LogP contribution in [-0.2, 0) is 4.79 Å². The molecule has 2 amide bonds. The maximum atomic E-state index is 12.7. The molecule has 7 heteroatoms. The number of rotatable bonds is 4. The van der Waals surface area contributed by atoms with Crippen LogP contribution in [0, 0.1) is 0 Å². The largest absolute Gasteiger partial charge is 0.368 e. The number of halogens is 2. The van der Waals surface area contributed by atoms with Gasteiger partial charge in [-0.15, -0.1) is 0 Å². The van der Waals surface area contributed by atoms with Crippen LogP contribution in [-0.4, -0.2) is 48.9 Å². The topological polar surface area (TPSA) is 52.7 Å². The number of amides is 2. The monoisotopic (exact) mass is 449 g/mol. The van der Waals surface area contributed by atoms with Crippen molar-refractivity contribution in [2.45, 2.75) is 13.0 Å². The zero-order valence-corrected chi connectivity index (χ0v) is 17.3. The number of carbonyl (C=O) groups excluding carboxylic acids is 2. The second kappa shape index (κ2) is 8.76. The highest BCUT2D eigenvalue weighted by atomic mass is 79.9. The van der Waals surface area contributed by atoms with Crippen LogP contribution in [0.4, 0.5) is 5.69 Å². The van der Waals surface area contributed by atoms with Crippen molar-refractivity contribution in [1.82, 2.24) is 10.2 Å². The number of benzene rings is 2. The van der Waals surface area contributed by atoms with Gasteiger partial charge in [0.2, 0.25) is 5.91 Å². The van der Waals surface area contributed by atoms with Crippen LogP contribution in [0.2, 0.25) is 5.02 Å². The van der Waals surface area contributed by atoms with Crippen molar-refractivity contribution < 1.29 is 9.59 Å². The Labute approximate surface area is 172 Å². The number of hydrogen-bond acceptors (Lipinski definition) is 3. The molecule has 5 nitrogen and oxygen atoms in total. The predicted molar refractivity (Wildman–Crippen MR) is 111 cm³/mol. The first-order valence-electron chi connectivity index (χ1n) is 8.80. The average Bonchev–Trinajstić information content (AvgIpc) is 2.68. The van der Waals surface area contributed by atoms with Crippen LogP contribution in [0.15, 0.2) is 53.0 Å². The van der Waals surface area contributed by atoms with Gasteiger partial charge in [-0.3, -0.25) is 9.59 Å². The number of piperazine rings is 1. The van der Waals surface area contributed by atoms with Crippen molar-refractivity contribution in [3.8, 4) is 0 Å². The second-order valence-corrected chi connectivity index (χ2v) is 7.85. The highest BCUT2D eigenvalue weighted by Crippen LogP contribution is 2.21. The van der Waals surface area contributed by atoms with Gasteiger partial charge in [-0.2, -0.15) is 0 Å². The molecule has 1 N–H and O–H groups in total. The predicted octanol–water partition coefficient (Wildman–Crippen LogP) is 3.57. The van der Waals surface area contributed by atoms with E-state index in [0.29, 0.717) is 23.7 Å². The van der Waals surface area contributed by atoms with Crippen molar-refractivity contribution in [3.63, 3.8) is 0 Å². The van der Waals surface area contributed by atoms with E-state index in [4.69, 9.17) is 11.6 Å². The fourth-order valence-electron chi connectivity index (χ4n) is 3.07. The molecule has 27 heavy (non-hydrogen) atoms. The Kier molecular flexibility index (Phi) is 6.39. The third-order valence-electron chi connectivity index (χ3n) is 4.59. The molecule has 0 aliphatic carbocycles. The molecule has 0 bridgehead atoms. The fraction of sp³-hybridized carbons (Fsp3) is 0.300. The first-order valence-corrected chi connectivity index (χ1v) is 9.97. The molecular formula is C20H21BrClN3O2. The Bertz CT molecular complexity index is 820. The third-order valence-corrected chi connectivity index (χ3v) is 5.35. The van der Waals surface area contributed by atoms with Crippen LogP contribution in [0.5, 0.6) is 0 Å². The molecule has 0 aromatic heterocycles. The maximum absolute atomic E-state index is 12.7. The number of anilines is 1. The summed E-state index contributed by atoms with van der Waals surface area (Å²) < 4.78 is 0.903. The zero-order chi connectivity index (χ0) is 19.4. The summed E-state index contributed by atoms with van der Waals surface area (Å²) in [6.45, 7) is 4.43. The van der Waals surface area contributed by atoms with Crippen molar-refractivity contribution in [1.29, 1.82) is 0 Å². The summed E-state index contributed by atoms with van der Waals surface area (Å²) in [5.74, 6) is -0.313. The maximum Gasteiger partial charge on any atom is 0.251 e. The molecule has 1 atom stereocenters. The van der Waals surface area contributed by atoms with Gasteiger partial charge in [0, 0.05) is 46.9 Å². The molecule has 0 unspecified atom stereocenters. The van der Waals surface area contributed by atoms with E-state index in [9.17, 15) is 9.59 Å². The quantitative estimate of drug-likeness (QED) is 0.775. The lowest BCUT2D eigenvalue weighted by Gasteiger charge is -2.37. The fourth-order valence-corrected chi connectivity index (χ4v) is 3.52. The van der Waals surface area contributed by atoms with Crippen molar-refractivity contribution >= 4 is 45.0 Å². The molecule has 1 fully saturated rings.